The quantitative estimate of drug-likeness (QED) is 0.678. The molecule has 1 rings (SSSR count). The van der Waals surface area contributed by atoms with Crippen molar-refractivity contribution in [1.29, 1.82) is 0 Å². The van der Waals surface area contributed by atoms with E-state index in [-0.39, 0.29) is 12.0 Å². The van der Waals surface area contributed by atoms with E-state index in [0.29, 0.717) is 5.41 Å². The lowest BCUT2D eigenvalue weighted by molar-refractivity contribution is -0.147. The smallest absolute Gasteiger partial charge is 0.322 e. The maximum absolute atomic E-state index is 11.4. The highest BCUT2D eigenvalue weighted by Gasteiger charge is 2.32. The lowest BCUT2D eigenvalue weighted by Crippen LogP contribution is -2.46. The van der Waals surface area contributed by atoms with Crippen LogP contribution in [0.5, 0.6) is 0 Å². The highest BCUT2D eigenvalue weighted by atomic mass is 16.5. The number of rotatable bonds is 2. The molecule has 0 radical (unpaired) electrons. The largest absolute Gasteiger partial charge is 0.468 e. The number of piperidine rings is 1. The van der Waals surface area contributed by atoms with Crippen LogP contribution in [0.2, 0.25) is 0 Å². The Morgan fingerprint density at radius 1 is 1.31 bits per heavy atom. The minimum absolute atomic E-state index is 0.0917. The molecule has 3 heteroatoms. The van der Waals surface area contributed by atoms with E-state index in [1.807, 2.05) is 6.92 Å². The summed E-state index contributed by atoms with van der Waals surface area (Å²) in [7, 11) is 1.46. The summed E-state index contributed by atoms with van der Waals surface area (Å²) in [5.41, 5.74) is 0.389. The van der Waals surface area contributed by atoms with E-state index in [9.17, 15) is 4.79 Å². The fraction of sp³-hybridized carbons (Fsp3) is 0.923. The van der Waals surface area contributed by atoms with Crippen LogP contribution in [0.3, 0.4) is 0 Å². The topological polar surface area (TPSA) is 29.5 Å². The third-order valence-corrected chi connectivity index (χ3v) is 3.84. The van der Waals surface area contributed by atoms with E-state index in [4.69, 9.17) is 4.74 Å². The van der Waals surface area contributed by atoms with Crippen LogP contribution < -0.4 is 0 Å². The molecule has 0 saturated carbocycles. The first kappa shape index (κ1) is 13.5. The summed E-state index contributed by atoms with van der Waals surface area (Å²) in [5, 5.41) is 0. The fourth-order valence-electron chi connectivity index (χ4n) is 2.47. The average Bonchev–Trinajstić information content (AvgIpc) is 2.26. The highest BCUT2D eigenvalue weighted by molar-refractivity contribution is 5.75. The molecule has 1 aliphatic heterocycles. The summed E-state index contributed by atoms with van der Waals surface area (Å²) in [5.74, 6) is 0.655. The van der Waals surface area contributed by atoms with Crippen LogP contribution in [-0.4, -0.2) is 37.1 Å². The van der Waals surface area contributed by atoms with E-state index in [1.54, 1.807) is 0 Å². The molecule has 0 amide bonds. The Kier molecular flexibility index (Phi) is 4.36. The number of hydrogen-bond donors (Lipinski definition) is 0. The van der Waals surface area contributed by atoms with Gasteiger partial charge in [0, 0.05) is 0 Å². The van der Waals surface area contributed by atoms with E-state index in [1.165, 1.54) is 20.0 Å². The molecule has 1 unspecified atom stereocenters. The van der Waals surface area contributed by atoms with Crippen molar-refractivity contribution in [2.75, 3.05) is 20.2 Å². The van der Waals surface area contributed by atoms with Gasteiger partial charge < -0.3 is 4.74 Å². The Morgan fingerprint density at radius 3 is 2.19 bits per heavy atom. The third kappa shape index (κ3) is 3.21. The number of likely N-dealkylation sites (tertiary alicyclic amines) is 1. The summed E-state index contributed by atoms with van der Waals surface area (Å²) >= 11 is 0. The van der Waals surface area contributed by atoms with Gasteiger partial charge in [-0.25, -0.2) is 0 Å². The van der Waals surface area contributed by atoms with Crippen molar-refractivity contribution in [2.24, 2.45) is 11.3 Å². The molecular weight excluding hydrogens is 202 g/mol. The summed E-state index contributed by atoms with van der Waals surface area (Å²) in [6.07, 6.45) is 2.37. The first-order valence-corrected chi connectivity index (χ1v) is 6.18. The van der Waals surface area contributed by atoms with Gasteiger partial charge in [0.2, 0.25) is 0 Å². The zero-order chi connectivity index (χ0) is 12.3. The molecule has 16 heavy (non-hydrogen) atoms. The Hall–Kier alpha value is -0.570. The Morgan fingerprint density at radius 2 is 1.81 bits per heavy atom. The predicted molar refractivity (Wildman–Crippen MR) is 65.2 cm³/mol. The normalized spacial score (nSPS) is 21.8. The molecular formula is C13H25NO2. The summed E-state index contributed by atoms with van der Waals surface area (Å²) in [4.78, 5) is 13.7. The van der Waals surface area contributed by atoms with Crippen LogP contribution in [0, 0.1) is 11.3 Å². The van der Waals surface area contributed by atoms with Crippen LogP contribution in [-0.2, 0) is 9.53 Å². The van der Waals surface area contributed by atoms with Crippen molar-refractivity contribution in [3.05, 3.63) is 0 Å². The van der Waals surface area contributed by atoms with Gasteiger partial charge in [-0.05, 0) is 44.2 Å². The number of carbonyl (C=O) groups is 1. The molecule has 0 spiro atoms. The van der Waals surface area contributed by atoms with E-state index < -0.39 is 0 Å². The van der Waals surface area contributed by atoms with Gasteiger partial charge in [-0.3, -0.25) is 9.69 Å². The van der Waals surface area contributed by atoms with Crippen molar-refractivity contribution < 1.29 is 9.53 Å². The maximum atomic E-state index is 11.4. The van der Waals surface area contributed by atoms with Crippen LogP contribution in [0.1, 0.15) is 40.5 Å². The fourth-order valence-corrected chi connectivity index (χ4v) is 2.47. The van der Waals surface area contributed by atoms with Gasteiger partial charge in [0.15, 0.2) is 0 Å². The summed E-state index contributed by atoms with van der Waals surface area (Å²) < 4.78 is 4.78. The molecule has 0 aliphatic carbocycles. The Labute approximate surface area is 99.1 Å². The monoisotopic (exact) mass is 227 g/mol. The second-order valence-corrected chi connectivity index (χ2v) is 5.88. The minimum atomic E-state index is -0.116. The van der Waals surface area contributed by atoms with Gasteiger partial charge in [-0.1, -0.05) is 20.8 Å². The first-order valence-electron chi connectivity index (χ1n) is 6.18. The number of esters is 1. The Balaban J connectivity index is 2.46. The Bertz CT molecular complexity index is 237. The van der Waals surface area contributed by atoms with Gasteiger partial charge >= 0.3 is 5.97 Å². The molecule has 0 aromatic carbocycles. The second-order valence-electron chi connectivity index (χ2n) is 5.88. The van der Waals surface area contributed by atoms with Gasteiger partial charge in [-0.15, -0.1) is 0 Å². The van der Waals surface area contributed by atoms with Gasteiger partial charge in [0.25, 0.3) is 0 Å². The molecule has 1 heterocycles. The molecule has 1 saturated heterocycles. The van der Waals surface area contributed by atoms with Crippen LogP contribution >= 0.6 is 0 Å². The minimum Gasteiger partial charge on any atom is -0.468 e. The SMILES string of the molecule is COC(=O)C(C)N1CCC(C(C)(C)C)CC1. The van der Waals surface area contributed by atoms with Crippen LogP contribution in [0.25, 0.3) is 0 Å². The van der Waals surface area contributed by atoms with Crippen LogP contribution in [0.15, 0.2) is 0 Å². The maximum Gasteiger partial charge on any atom is 0.322 e. The lowest BCUT2D eigenvalue weighted by atomic mass is 9.75. The number of nitrogens with zero attached hydrogens (tertiary/aromatic N) is 1. The molecule has 94 valence electrons. The molecule has 1 atom stereocenters. The average molecular weight is 227 g/mol. The molecule has 0 bridgehead atoms. The van der Waals surface area contributed by atoms with Crippen molar-refractivity contribution in [3.63, 3.8) is 0 Å². The lowest BCUT2D eigenvalue weighted by Gasteiger charge is -2.40. The van der Waals surface area contributed by atoms with Crippen molar-refractivity contribution in [2.45, 2.75) is 46.6 Å². The van der Waals surface area contributed by atoms with E-state index >= 15 is 0 Å². The molecule has 1 aliphatic rings. The molecule has 0 aromatic heterocycles. The van der Waals surface area contributed by atoms with Crippen molar-refractivity contribution >= 4 is 5.97 Å². The predicted octanol–water partition coefficient (Wildman–Crippen LogP) is 2.31. The third-order valence-electron chi connectivity index (χ3n) is 3.84. The van der Waals surface area contributed by atoms with Crippen LogP contribution in [0.4, 0.5) is 0 Å². The van der Waals surface area contributed by atoms with E-state index in [2.05, 4.69) is 25.7 Å². The number of hydrogen-bond acceptors (Lipinski definition) is 3. The van der Waals surface area contributed by atoms with Gasteiger partial charge in [0.1, 0.15) is 6.04 Å². The molecule has 1 fully saturated rings. The zero-order valence-electron chi connectivity index (χ0n) is 11.2. The standard InChI is InChI=1S/C13H25NO2/c1-10(12(15)16-5)14-8-6-11(7-9-14)13(2,3)4/h10-11H,6-9H2,1-5H3. The zero-order valence-corrected chi connectivity index (χ0v) is 11.2. The summed E-state index contributed by atoms with van der Waals surface area (Å²) in [6, 6.07) is -0.0917. The molecule has 0 N–H and O–H groups in total. The summed E-state index contributed by atoms with van der Waals surface area (Å²) in [6.45, 7) is 10.9. The van der Waals surface area contributed by atoms with E-state index in [0.717, 1.165) is 19.0 Å². The van der Waals surface area contributed by atoms with Crippen molar-refractivity contribution in [3.8, 4) is 0 Å². The van der Waals surface area contributed by atoms with Crippen molar-refractivity contribution in [1.82, 2.24) is 4.90 Å². The molecule has 3 nitrogen and oxygen atoms in total. The number of methoxy groups -OCH3 is 1. The second kappa shape index (κ2) is 5.17. The number of carbonyl (C=O) groups excluding carboxylic acids is 1. The first-order chi connectivity index (χ1) is 7.36. The molecule has 0 aromatic rings. The highest BCUT2D eigenvalue weighted by Crippen LogP contribution is 2.34. The van der Waals surface area contributed by atoms with Gasteiger partial charge in [-0.2, -0.15) is 0 Å². The van der Waals surface area contributed by atoms with Gasteiger partial charge in [0.05, 0.1) is 7.11 Å². The number of ether oxygens (including phenoxy) is 1.